The maximum atomic E-state index is 13.7. The lowest BCUT2D eigenvalue weighted by molar-refractivity contribution is -0.166. The number of halogens is 2. The zero-order valence-electron chi connectivity index (χ0n) is 19.5. The number of carbonyl (C=O) groups is 3. The first-order valence-corrected chi connectivity index (χ1v) is 11.7. The van der Waals surface area contributed by atoms with Crippen LogP contribution in [0.5, 0.6) is 5.75 Å². The summed E-state index contributed by atoms with van der Waals surface area (Å²) in [5.41, 5.74) is -0.663. The summed E-state index contributed by atoms with van der Waals surface area (Å²) in [6.45, 7) is 6.40. The molecule has 184 valence electrons. The second-order valence-corrected chi connectivity index (χ2v) is 9.77. The number of ether oxygens (including phenoxy) is 2. The van der Waals surface area contributed by atoms with Crippen LogP contribution in [0.2, 0.25) is 0 Å². The minimum absolute atomic E-state index is 0.0360. The molecule has 0 amide bonds. The first-order chi connectivity index (χ1) is 15.9. The summed E-state index contributed by atoms with van der Waals surface area (Å²) >= 11 is 1.08. The van der Waals surface area contributed by atoms with Crippen molar-refractivity contribution >= 4 is 29.5 Å². The smallest absolute Gasteiger partial charge is 0.321 e. The van der Waals surface area contributed by atoms with Crippen molar-refractivity contribution < 1.29 is 37.7 Å². The van der Waals surface area contributed by atoms with Crippen molar-refractivity contribution in [1.29, 1.82) is 0 Å². The molecular weight excluding hydrogens is 466 g/mol. The fourth-order valence-corrected chi connectivity index (χ4v) is 4.24. The molecule has 1 N–H and O–H groups in total. The molecule has 0 bridgehead atoms. The molecule has 0 spiro atoms. The molecule has 0 heterocycles. The Hall–Kier alpha value is -2.94. The first-order valence-electron chi connectivity index (χ1n) is 10.7. The fraction of sp³-hybridized carbons (Fsp3) is 0.400. The predicted molar refractivity (Wildman–Crippen MR) is 125 cm³/mol. The summed E-state index contributed by atoms with van der Waals surface area (Å²) in [5.74, 6) is -4.91. The number of carboxylic acid groups (broad SMARTS) is 1. The number of Topliss-reactive ketones (excluding diaryl/α,β-unsaturated/α-hetero) is 1. The predicted octanol–water partition coefficient (Wildman–Crippen LogP) is 5.28. The number of thioether (sulfide) groups is 1. The van der Waals surface area contributed by atoms with Crippen LogP contribution in [0.15, 0.2) is 42.5 Å². The number of hydrogen-bond donors (Lipinski definition) is 1. The lowest BCUT2D eigenvalue weighted by Gasteiger charge is -2.26. The van der Waals surface area contributed by atoms with Gasteiger partial charge in [0.25, 0.3) is 0 Å². The number of rotatable bonds is 11. The number of hydrogen-bond acceptors (Lipinski definition) is 6. The monoisotopic (exact) mass is 494 g/mol. The summed E-state index contributed by atoms with van der Waals surface area (Å²) in [4.78, 5) is 36.7. The summed E-state index contributed by atoms with van der Waals surface area (Å²) in [5, 5.41) is 8.92. The number of ketones is 1. The van der Waals surface area contributed by atoms with Crippen molar-refractivity contribution in [2.24, 2.45) is 5.92 Å². The third-order valence-corrected chi connectivity index (χ3v) is 6.21. The molecule has 2 atom stereocenters. The highest BCUT2D eigenvalue weighted by molar-refractivity contribution is 8.00. The van der Waals surface area contributed by atoms with Gasteiger partial charge in [-0.25, -0.2) is 8.78 Å². The molecule has 2 rings (SSSR count). The zero-order chi connectivity index (χ0) is 25.5. The SMILES string of the molecule is CC[C@H](SCC(=O)c1ccc(OCc2c(F)cccc2F)cc1)[C@H](C(=O)O)C(=O)OC(C)(C)C. The van der Waals surface area contributed by atoms with Gasteiger partial charge in [0.1, 0.15) is 29.6 Å². The summed E-state index contributed by atoms with van der Waals surface area (Å²) in [6, 6.07) is 9.59. The highest BCUT2D eigenvalue weighted by Crippen LogP contribution is 2.27. The van der Waals surface area contributed by atoms with Crippen LogP contribution in [-0.4, -0.2) is 39.4 Å². The molecule has 0 aliphatic carbocycles. The van der Waals surface area contributed by atoms with E-state index in [1.54, 1.807) is 27.7 Å². The van der Waals surface area contributed by atoms with Gasteiger partial charge in [0.15, 0.2) is 11.7 Å². The van der Waals surface area contributed by atoms with Gasteiger partial charge in [0.05, 0.1) is 11.3 Å². The van der Waals surface area contributed by atoms with Gasteiger partial charge in [-0.05, 0) is 63.6 Å². The minimum Gasteiger partial charge on any atom is -0.489 e. The summed E-state index contributed by atoms with van der Waals surface area (Å²) in [6.07, 6.45) is 0.355. The number of aliphatic carboxylic acids is 1. The molecule has 0 radical (unpaired) electrons. The molecule has 0 aromatic heterocycles. The van der Waals surface area contributed by atoms with Gasteiger partial charge in [-0.1, -0.05) is 13.0 Å². The molecule has 0 aliphatic heterocycles. The van der Waals surface area contributed by atoms with Crippen LogP contribution in [0.25, 0.3) is 0 Å². The second-order valence-electron chi connectivity index (χ2n) is 8.54. The lowest BCUT2D eigenvalue weighted by Crippen LogP contribution is -2.38. The van der Waals surface area contributed by atoms with Crippen LogP contribution in [-0.2, 0) is 20.9 Å². The van der Waals surface area contributed by atoms with Gasteiger partial charge in [-0.2, -0.15) is 0 Å². The fourth-order valence-electron chi connectivity index (χ4n) is 3.06. The highest BCUT2D eigenvalue weighted by atomic mass is 32.2. The van der Waals surface area contributed by atoms with Crippen LogP contribution in [0.3, 0.4) is 0 Å². The zero-order valence-corrected chi connectivity index (χ0v) is 20.3. The molecule has 34 heavy (non-hydrogen) atoms. The second kappa shape index (κ2) is 12.0. The average Bonchev–Trinajstić information content (AvgIpc) is 2.74. The van der Waals surface area contributed by atoms with Crippen LogP contribution in [0.1, 0.15) is 50.0 Å². The maximum Gasteiger partial charge on any atom is 0.321 e. The Labute approximate surface area is 201 Å². The number of carboxylic acids is 1. The Balaban J connectivity index is 1.98. The van der Waals surface area contributed by atoms with Crippen molar-refractivity contribution in [3.05, 3.63) is 65.2 Å². The Bertz CT molecular complexity index is 997. The van der Waals surface area contributed by atoms with E-state index in [1.165, 1.54) is 30.3 Å². The molecule has 0 unspecified atom stereocenters. The normalized spacial score (nSPS) is 13.1. The van der Waals surface area contributed by atoms with Gasteiger partial charge >= 0.3 is 11.9 Å². The van der Waals surface area contributed by atoms with Crippen molar-refractivity contribution in [2.75, 3.05) is 5.75 Å². The molecule has 0 saturated carbocycles. The van der Waals surface area contributed by atoms with Gasteiger partial charge in [0, 0.05) is 10.8 Å². The Kier molecular flexibility index (Phi) is 9.61. The van der Waals surface area contributed by atoms with Gasteiger partial charge in [0.2, 0.25) is 0 Å². The summed E-state index contributed by atoms with van der Waals surface area (Å²) < 4.78 is 38.1. The Morgan fingerprint density at radius 3 is 2.12 bits per heavy atom. The number of benzene rings is 2. The number of esters is 1. The third kappa shape index (κ3) is 7.83. The standard InChI is InChI=1S/C25H28F2O6S/c1-5-21(22(23(29)30)24(31)33-25(2,3)4)34-14-20(28)15-9-11-16(12-10-15)32-13-17-18(26)7-6-8-19(17)27/h6-12,21-22H,5,13-14H2,1-4H3,(H,29,30)/t21-,22+/m0/s1. The van der Waals surface area contributed by atoms with E-state index >= 15 is 0 Å². The van der Waals surface area contributed by atoms with Crippen molar-refractivity contribution in [1.82, 2.24) is 0 Å². The first kappa shape index (κ1) is 27.3. The van der Waals surface area contributed by atoms with E-state index in [9.17, 15) is 28.3 Å². The van der Waals surface area contributed by atoms with Crippen LogP contribution in [0, 0.1) is 17.6 Å². The highest BCUT2D eigenvalue weighted by Gasteiger charge is 2.37. The largest absolute Gasteiger partial charge is 0.489 e. The van der Waals surface area contributed by atoms with E-state index in [0.29, 0.717) is 17.7 Å². The van der Waals surface area contributed by atoms with Crippen molar-refractivity contribution in [3.63, 3.8) is 0 Å². The molecule has 6 nitrogen and oxygen atoms in total. The molecule has 2 aromatic carbocycles. The maximum absolute atomic E-state index is 13.7. The third-order valence-electron chi connectivity index (χ3n) is 4.75. The van der Waals surface area contributed by atoms with Gasteiger partial charge < -0.3 is 14.6 Å². The molecule has 0 fully saturated rings. The molecule has 0 aliphatic rings. The Morgan fingerprint density at radius 2 is 1.62 bits per heavy atom. The minimum atomic E-state index is -1.39. The molecule has 9 heteroatoms. The van der Waals surface area contributed by atoms with E-state index in [2.05, 4.69) is 0 Å². The quantitative estimate of drug-likeness (QED) is 0.258. The van der Waals surface area contributed by atoms with Crippen molar-refractivity contribution in [2.45, 2.75) is 51.6 Å². The van der Waals surface area contributed by atoms with E-state index < -0.39 is 40.3 Å². The Morgan fingerprint density at radius 1 is 1.03 bits per heavy atom. The van der Waals surface area contributed by atoms with E-state index in [1.807, 2.05) is 0 Å². The van der Waals surface area contributed by atoms with Gasteiger partial charge in [-0.3, -0.25) is 14.4 Å². The summed E-state index contributed by atoms with van der Waals surface area (Å²) in [7, 11) is 0. The van der Waals surface area contributed by atoms with E-state index in [-0.39, 0.29) is 23.7 Å². The molecular formula is C25H28F2O6S. The van der Waals surface area contributed by atoms with Gasteiger partial charge in [-0.15, -0.1) is 11.8 Å². The molecule has 0 saturated heterocycles. The van der Waals surface area contributed by atoms with Crippen molar-refractivity contribution in [3.8, 4) is 5.75 Å². The number of carbonyl (C=O) groups excluding carboxylic acids is 2. The average molecular weight is 495 g/mol. The molecule has 2 aromatic rings. The van der Waals surface area contributed by atoms with E-state index in [0.717, 1.165) is 23.9 Å². The van der Waals surface area contributed by atoms with Crippen LogP contribution >= 0.6 is 11.8 Å². The lowest BCUT2D eigenvalue weighted by atomic mass is 10.0. The van der Waals surface area contributed by atoms with Crippen LogP contribution < -0.4 is 4.74 Å². The topological polar surface area (TPSA) is 89.9 Å². The van der Waals surface area contributed by atoms with E-state index in [4.69, 9.17) is 9.47 Å². The van der Waals surface area contributed by atoms with Crippen LogP contribution in [0.4, 0.5) is 8.78 Å².